The first-order valence-electron chi connectivity index (χ1n) is 13.6. The molecule has 0 radical (unpaired) electrons. The summed E-state index contributed by atoms with van der Waals surface area (Å²) in [6.45, 7) is 2.14. The Kier molecular flexibility index (Phi) is 7.12. The molecule has 0 bridgehead atoms. The fourth-order valence-electron chi connectivity index (χ4n) is 5.76. The molecule has 2 aromatic carbocycles. The number of aromatic nitrogens is 4. The molecule has 2 aliphatic rings. The molecule has 2 aromatic heterocycles. The maximum atomic E-state index is 4.83. The van der Waals surface area contributed by atoms with Gasteiger partial charge in [0.15, 0.2) is 0 Å². The summed E-state index contributed by atoms with van der Waals surface area (Å²) in [7, 11) is 0. The van der Waals surface area contributed by atoms with E-state index in [2.05, 4.69) is 62.0 Å². The molecule has 4 aromatic rings. The maximum absolute atomic E-state index is 4.83. The SMILES string of the molecule is c1ccc(-c2ccnc(NC3CCCCC3NC3CCCN(c4ccc(-n5cccn5)cc4)C3)n2)cc1. The zero-order chi connectivity index (χ0) is 24.9. The third-order valence-electron chi connectivity index (χ3n) is 7.66. The van der Waals surface area contributed by atoms with Gasteiger partial charge in [-0.15, -0.1) is 0 Å². The van der Waals surface area contributed by atoms with Crippen LogP contribution >= 0.6 is 0 Å². The van der Waals surface area contributed by atoms with Gasteiger partial charge in [0, 0.05) is 61.1 Å². The number of hydrogen-bond acceptors (Lipinski definition) is 6. The molecular weight excluding hydrogens is 458 g/mol. The molecule has 7 heteroatoms. The van der Waals surface area contributed by atoms with Crippen molar-refractivity contribution in [3.05, 3.63) is 85.3 Å². The standard InChI is InChI=1S/C30H35N7/c1-2-8-23(9-3-1)27-17-19-31-30(34-27)35-29-12-5-4-11-28(29)33-24-10-6-20-36(22-24)25-13-15-26(16-14-25)37-21-7-18-32-37/h1-3,7-9,13-19,21,24,28-29,33H,4-6,10-12,20,22H2,(H,31,34,35). The van der Waals surface area contributed by atoms with Crippen LogP contribution in [0, 0.1) is 0 Å². The predicted octanol–water partition coefficient (Wildman–Crippen LogP) is 5.31. The summed E-state index contributed by atoms with van der Waals surface area (Å²) in [4.78, 5) is 11.9. The van der Waals surface area contributed by atoms with Gasteiger partial charge in [0.2, 0.25) is 5.95 Å². The minimum absolute atomic E-state index is 0.337. The van der Waals surface area contributed by atoms with Gasteiger partial charge in [-0.1, -0.05) is 43.2 Å². The van der Waals surface area contributed by atoms with Crippen molar-refractivity contribution in [3.63, 3.8) is 0 Å². The van der Waals surface area contributed by atoms with E-state index in [4.69, 9.17) is 4.98 Å². The average Bonchev–Trinajstić information content (AvgIpc) is 3.50. The molecule has 1 aliphatic heterocycles. The van der Waals surface area contributed by atoms with Gasteiger partial charge in [-0.3, -0.25) is 0 Å². The molecule has 6 rings (SSSR count). The van der Waals surface area contributed by atoms with Crippen LogP contribution in [0.1, 0.15) is 38.5 Å². The quantitative estimate of drug-likeness (QED) is 0.364. The topological polar surface area (TPSA) is 70.9 Å². The molecule has 0 spiro atoms. The Morgan fingerprint density at radius 2 is 1.57 bits per heavy atom. The summed E-state index contributed by atoms with van der Waals surface area (Å²) in [6.07, 6.45) is 12.9. The van der Waals surface area contributed by atoms with E-state index < -0.39 is 0 Å². The molecule has 1 saturated carbocycles. The first-order valence-corrected chi connectivity index (χ1v) is 13.6. The summed E-state index contributed by atoms with van der Waals surface area (Å²) in [5.74, 6) is 0.725. The van der Waals surface area contributed by atoms with Crippen LogP contribution in [0.2, 0.25) is 0 Å². The highest BCUT2D eigenvalue weighted by atomic mass is 15.3. The minimum Gasteiger partial charge on any atom is -0.370 e. The normalized spacial score (nSPS) is 22.1. The molecule has 3 heterocycles. The molecule has 1 saturated heterocycles. The van der Waals surface area contributed by atoms with Gasteiger partial charge in [0.1, 0.15) is 0 Å². The zero-order valence-electron chi connectivity index (χ0n) is 21.2. The molecule has 2 N–H and O–H groups in total. The van der Waals surface area contributed by atoms with E-state index in [0.717, 1.165) is 42.4 Å². The highest BCUT2D eigenvalue weighted by molar-refractivity contribution is 5.59. The summed E-state index contributed by atoms with van der Waals surface area (Å²) in [5.41, 5.74) is 4.45. The molecule has 37 heavy (non-hydrogen) atoms. The van der Waals surface area contributed by atoms with Gasteiger partial charge in [-0.25, -0.2) is 14.6 Å². The van der Waals surface area contributed by atoms with Gasteiger partial charge >= 0.3 is 0 Å². The van der Waals surface area contributed by atoms with Gasteiger partial charge < -0.3 is 15.5 Å². The monoisotopic (exact) mass is 493 g/mol. The van der Waals surface area contributed by atoms with Crippen LogP contribution in [0.25, 0.3) is 16.9 Å². The van der Waals surface area contributed by atoms with Gasteiger partial charge in [0.25, 0.3) is 0 Å². The maximum Gasteiger partial charge on any atom is 0.223 e. The highest BCUT2D eigenvalue weighted by Crippen LogP contribution is 2.26. The van der Waals surface area contributed by atoms with Crippen LogP contribution < -0.4 is 15.5 Å². The molecule has 7 nitrogen and oxygen atoms in total. The Balaban J connectivity index is 1.10. The second kappa shape index (κ2) is 11.1. The fourth-order valence-corrected chi connectivity index (χ4v) is 5.76. The lowest BCUT2D eigenvalue weighted by Crippen LogP contribution is -2.55. The Hall–Kier alpha value is -3.71. The predicted molar refractivity (Wildman–Crippen MR) is 149 cm³/mol. The van der Waals surface area contributed by atoms with E-state index in [0.29, 0.717) is 18.1 Å². The van der Waals surface area contributed by atoms with Gasteiger partial charge in [0.05, 0.1) is 11.4 Å². The van der Waals surface area contributed by atoms with Crippen molar-refractivity contribution in [2.45, 2.75) is 56.7 Å². The second-order valence-electron chi connectivity index (χ2n) is 10.2. The van der Waals surface area contributed by atoms with Crippen molar-refractivity contribution in [1.29, 1.82) is 0 Å². The third-order valence-corrected chi connectivity index (χ3v) is 7.66. The lowest BCUT2D eigenvalue weighted by atomic mass is 9.89. The molecular formula is C30H35N7. The van der Waals surface area contributed by atoms with E-state index in [1.807, 2.05) is 53.6 Å². The Morgan fingerprint density at radius 1 is 0.757 bits per heavy atom. The number of anilines is 2. The van der Waals surface area contributed by atoms with E-state index >= 15 is 0 Å². The van der Waals surface area contributed by atoms with Crippen molar-refractivity contribution in [3.8, 4) is 16.9 Å². The van der Waals surface area contributed by atoms with Crippen molar-refractivity contribution < 1.29 is 0 Å². The molecule has 3 unspecified atom stereocenters. The number of benzene rings is 2. The largest absolute Gasteiger partial charge is 0.370 e. The van der Waals surface area contributed by atoms with E-state index in [-0.39, 0.29) is 0 Å². The minimum atomic E-state index is 0.337. The van der Waals surface area contributed by atoms with Crippen LogP contribution in [0.5, 0.6) is 0 Å². The van der Waals surface area contributed by atoms with Crippen molar-refractivity contribution >= 4 is 11.6 Å². The van der Waals surface area contributed by atoms with Gasteiger partial charge in [-0.05, 0) is 62.1 Å². The van der Waals surface area contributed by atoms with E-state index in [1.54, 1.807) is 0 Å². The van der Waals surface area contributed by atoms with Crippen LogP contribution in [-0.4, -0.2) is 51.0 Å². The average molecular weight is 494 g/mol. The van der Waals surface area contributed by atoms with Crippen molar-refractivity contribution in [2.75, 3.05) is 23.3 Å². The summed E-state index contributed by atoms with van der Waals surface area (Å²) < 4.78 is 1.90. The number of piperidine rings is 1. The molecule has 3 atom stereocenters. The number of nitrogens with one attached hydrogen (secondary N) is 2. The first-order chi connectivity index (χ1) is 18.3. The van der Waals surface area contributed by atoms with Crippen LogP contribution in [0.15, 0.2) is 85.3 Å². The third kappa shape index (κ3) is 5.67. The van der Waals surface area contributed by atoms with E-state index in [9.17, 15) is 0 Å². The lowest BCUT2D eigenvalue weighted by Gasteiger charge is -2.40. The smallest absolute Gasteiger partial charge is 0.223 e. The Labute approximate surface area is 219 Å². The Morgan fingerprint density at radius 3 is 2.38 bits per heavy atom. The molecule has 0 amide bonds. The number of nitrogens with zero attached hydrogens (tertiary/aromatic N) is 5. The van der Waals surface area contributed by atoms with E-state index in [1.165, 1.54) is 37.8 Å². The molecule has 1 aliphatic carbocycles. The lowest BCUT2D eigenvalue weighted by molar-refractivity contribution is 0.293. The first kappa shape index (κ1) is 23.7. The summed E-state index contributed by atoms with van der Waals surface area (Å²) >= 11 is 0. The number of hydrogen-bond donors (Lipinski definition) is 2. The number of rotatable bonds is 7. The summed E-state index contributed by atoms with van der Waals surface area (Å²) in [6, 6.07) is 24.2. The van der Waals surface area contributed by atoms with Gasteiger partial charge in [-0.2, -0.15) is 5.10 Å². The Bertz CT molecular complexity index is 1260. The second-order valence-corrected chi connectivity index (χ2v) is 10.2. The summed E-state index contributed by atoms with van der Waals surface area (Å²) in [5, 5.41) is 12.1. The van der Waals surface area contributed by atoms with Crippen LogP contribution in [0.4, 0.5) is 11.6 Å². The fraction of sp³-hybridized carbons (Fsp3) is 0.367. The highest BCUT2D eigenvalue weighted by Gasteiger charge is 2.29. The zero-order valence-corrected chi connectivity index (χ0v) is 21.2. The van der Waals surface area contributed by atoms with Crippen LogP contribution in [-0.2, 0) is 0 Å². The molecule has 2 fully saturated rings. The van der Waals surface area contributed by atoms with Crippen molar-refractivity contribution in [2.24, 2.45) is 0 Å². The van der Waals surface area contributed by atoms with Crippen LogP contribution in [0.3, 0.4) is 0 Å². The van der Waals surface area contributed by atoms with Crippen molar-refractivity contribution in [1.82, 2.24) is 25.1 Å². The molecule has 190 valence electrons.